The maximum atomic E-state index is 13.4. The van der Waals surface area contributed by atoms with E-state index in [0.717, 1.165) is 42.1 Å². The Morgan fingerprint density at radius 3 is 0.938 bits per heavy atom. The van der Waals surface area contributed by atoms with Gasteiger partial charge in [0.25, 0.3) is 12.1 Å². The summed E-state index contributed by atoms with van der Waals surface area (Å²) in [7, 11) is 4.96. The molecule has 0 aliphatic rings. The van der Waals surface area contributed by atoms with E-state index < -0.39 is 104 Å². The molecule has 26 nitrogen and oxygen atoms in total. The SMILES string of the molecule is CC(=O)CC(C)=O.COc1nc(C)cc(C(F)(F)F)c1C#N.COc1nc(C)cc(C(F)(F)F)c1CCC(=O)c1ccc(Oc2ccccc2)cc1.COc1nc(C)cc(C(F)(F)F)c1CCC(=O)c1ccc(Oc2ccccc2)cc1.COc1nc(C)cc(C(F)(F)F)c1CN.Cc1cc(C(F)(F)F)c(C#N)c(=O)[nH]1.Cc1cc(C(F)(F)F)c(C#N)c(Cl)n1.O=C(O)c1ccc(Oc2ccccc2)cc1.[C-]#[N+]CC#N. The fourth-order valence-electron chi connectivity index (χ4n) is 12.2. The maximum Gasteiger partial charge on any atom is 0.417 e. The number of methoxy groups -OCH3 is 4. The van der Waals surface area contributed by atoms with Crippen LogP contribution in [0.5, 0.6) is 58.0 Å². The normalized spacial score (nSPS) is 10.7. The molecule has 6 aromatic heterocycles. The number of nitrogens with zero attached hydrogens (tertiary/aromatic N) is 10. The first-order chi connectivity index (χ1) is 68.4. The van der Waals surface area contributed by atoms with Gasteiger partial charge in [-0.2, -0.15) is 100 Å². The number of carbonyl (C=O) groups excluding carboxylic acids is 4. The lowest BCUT2D eigenvalue weighted by Gasteiger charge is -2.16. The summed E-state index contributed by atoms with van der Waals surface area (Å²) < 4.78 is 266. The van der Waals surface area contributed by atoms with Crippen molar-refractivity contribution in [1.29, 1.82) is 21.0 Å². The van der Waals surface area contributed by atoms with E-state index in [-0.39, 0.29) is 148 Å². The average molecular weight is 2070 g/mol. The smallest absolute Gasteiger partial charge is 0.417 e. The number of ether oxygens (including phenoxy) is 7. The first kappa shape index (κ1) is 122. The molecule has 146 heavy (non-hydrogen) atoms. The van der Waals surface area contributed by atoms with Gasteiger partial charge in [-0.15, -0.1) is 0 Å². The molecule has 0 saturated carbocycles. The Hall–Kier alpha value is -16.8. The third-order valence-electron chi connectivity index (χ3n) is 18.4. The van der Waals surface area contributed by atoms with Crippen LogP contribution in [0.25, 0.3) is 4.85 Å². The van der Waals surface area contributed by atoms with Gasteiger partial charge in [-0.25, -0.2) is 36.3 Å². The van der Waals surface area contributed by atoms with Crippen LogP contribution in [0.2, 0.25) is 5.15 Å². The number of nitrogens with two attached hydrogens (primary N) is 1. The Bertz CT molecular complexity index is 6530. The molecule has 6 aromatic carbocycles. The van der Waals surface area contributed by atoms with Crippen LogP contribution >= 0.6 is 11.6 Å². The van der Waals surface area contributed by atoms with E-state index in [9.17, 15) is 108 Å². The lowest BCUT2D eigenvalue weighted by molar-refractivity contribution is -0.139. The number of hydrogen-bond donors (Lipinski definition) is 3. The number of aromatic carboxylic acids is 1. The Morgan fingerprint density at radius 2 is 0.671 bits per heavy atom. The number of carbonyl (C=O) groups is 5. The number of H-pyrrole nitrogens is 1. The van der Waals surface area contributed by atoms with Crippen molar-refractivity contribution in [3.8, 4) is 82.3 Å². The highest BCUT2D eigenvalue weighted by atomic mass is 35.5. The average Bonchev–Trinajstić information content (AvgIpc) is 0.831. The first-order valence-electron chi connectivity index (χ1n) is 41.8. The van der Waals surface area contributed by atoms with Gasteiger partial charge in [-0.05, 0) is 214 Å². The molecule has 0 saturated heterocycles. The van der Waals surface area contributed by atoms with Crippen molar-refractivity contribution in [1.82, 2.24) is 29.9 Å². The second kappa shape index (κ2) is 56.7. The highest BCUT2D eigenvalue weighted by Crippen LogP contribution is 2.42. The molecule has 6 heterocycles. The number of ketones is 4. The quantitative estimate of drug-likeness (QED) is 0.0142. The largest absolute Gasteiger partial charge is 0.481 e. The van der Waals surface area contributed by atoms with E-state index in [2.05, 4.69) is 39.5 Å². The summed E-state index contributed by atoms with van der Waals surface area (Å²) in [6, 6.07) is 57.9. The van der Waals surface area contributed by atoms with Gasteiger partial charge in [-0.3, -0.25) is 24.0 Å². The molecule has 0 aliphatic heterocycles. The molecule has 0 amide bonds. The lowest BCUT2D eigenvalue weighted by Crippen LogP contribution is -2.19. The van der Waals surface area contributed by atoms with Gasteiger partial charge in [0.15, 0.2) is 11.6 Å². The minimum absolute atomic E-state index is 0.0139. The predicted molar refractivity (Wildman–Crippen MR) is 494 cm³/mol. The number of aromatic amines is 1. The summed E-state index contributed by atoms with van der Waals surface area (Å²) in [6.07, 6.45) is -27.8. The van der Waals surface area contributed by atoms with Gasteiger partial charge in [0.1, 0.15) is 92.2 Å². The zero-order chi connectivity index (χ0) is 110. The van der Waals surface area contributed by atoms with Gasteiger partial charge in [0.05, 0.1) is 73.8 Å². The molecular weight excluding hydrogens is 1980 g/mol. The molecule has 768 valence electrons. The predicted octanol–water partition coefficient (Wildman–Crippen LogP) is 24.9. The summed E-state index contributed by atoms with van der Waals surface area (Å²) in [5.74, 6) is 1.58. The Morgan fingerprint density at radius 1 is 0.397 bits per heavy atom. The molecule has 0 spiro atoms. The summed E-state index contributed by atoms with van der Waals surface area (Å²) in [5, 5.41) is 41.4. The number of benzene rings is 6. The number of nitrogens with one attached hydrogen (secondary N) is 1. The number of Topliss-reactive ketones (excluding diaryl/α,β-unsaturated/α-hetero) is 4. The molecule has 0 radical (unpaired) electrons. The second-order valence-corrected chi connectivity index (χ2v) is 30.0. The van der Waals surface area contributed by atoms with Gasteiger partial charge in [-0.1, -0.05) is 66.2 Å². The van der Waals surface area contributed by atoms with Crippen LogP contribution < -0.4 is 44.5 Å². The molecule has 12 aromatic rings. The monoisotopic (exact) mass is 2070 g/mol. The van der Waals surface area contributed by atoms with E-state index in [1.54, 1.807) is 91.0 Å². The summed E-state index contributed by atoms with van der Waals surface area (Å²) in [6.45, 7) is 17.0. The minimum Gasteiger partial charge on any atom is -0.481 e. The number of hydrogen-bond acceptors (Lipinski definition) is 23. The Labute approximate surface area is 828 Å². The van der Waals surface area contributed by atoms with E-state index in [1.165, 1.54) is 114 Å². The third kappa shape index (κ3) is 40.0. The number of alkyl halides is 18. The van der Waals surface area contributed by atoms with Crippen LogP contribution in [0.3, 0.4) is 0 Å². The van der Waals surface area contributed by atoms with E-state index in [0.29, 0.717) is 39.9 Å². The summed E-state index contributed by atoms with van der Waals surface area (Å²) >= 11 is 5.41. The molecular formula is C101H87ClF18N12O14. The van der Waals surface area contributed by atoms with Crippen molar-refractivity contribution in [2.45, 2.75) is 131 Å². The number of halogens is 19. The number of carboxylic acids is 1. The van der Waals surface area contributed by atoms with Crippen molar-refractivity contribution < 1.29 is 141 Å². The highest BCUT2D eigenvalue weighted by Gasteiger charge is 2.41. The van der Waals surface area contributed by atoms with Crippen molar-refractivity contribution in [2.24, 2.45) is 5.73 Å². The molecule has 12 rings (SSSR count). The van der Waals surface area contributed by atoms with E-state index in [1.807, 2.05) is 66.7 Å². The van der Waals surface area contributed by atoms with Crippen LogP contribution in [0, 0.1) is 93.4 Å². The van der Waals surface area contributed by atoms with Gasteiger partial charge >= 0.3 is 43.0 Å². The Balaban J connectivity index is 0.000000356. The third-order valence-corrected chi connectivity index (χ3v) is 18.7. The highest BCUT2D eigenvalue weighted by molar-refractivity contribution is 6.30. The van der Waals surface area contributed by atoms with Crippen molar-refractivity contribution >= 4 is 40.7 Å². The number of aryl methyl sites for hydroxylation is 6. The number of rotatable bonds is 22. The standard InChI is InChI=1S/2C23H20F3NO3.C13H10O3.C9H11F3N2O.C9H7F3N2O.C8H4ClF3N2.C8H5F3N2O.C5H8O2.C3H2N2/c2*1-15-14-20(23(24,25)26)19(22(27-15)29-2)12-13-21(28)16-8-10-18(11-9-16)30-17-6-4-3-5-7-17;14-13(15)10-6-8-12(9-7-10)16-11-4-2-1-3-5-11;2*1-5-3-7(9(10,11)12)6(4-13)8(14-5)15-2;1-4-2-6(8(10,11)12)5(3-13)7(9)14-4;1-4-2-6(8(9,10)11)5(3-12)7(14)13-4;1-4(6)3-5(2)7;1-5-3-2-4/h2*3-11,14H,12-13H2,1-2H3;1-9H,(H,14,15);3H,4,13H2,1-2H3;3H,1-2H3;2H,1H3;2H,1H3,(H,13,14);3H2,1-2H3;3H2. The van der Waals surface area contributed by atoms with E-state index in [4.69, 9.17) is 78.5 Å². The molecule has 45 heteroatoms. The molecule has 0 fully saturated rings. The van der Waals surface area contributed by atoms with Crippen molar-refractivity contribution in [3.63, 3.8) is 0 Å². The lowest BCUT2D eigenvalue weighted by atomic mass is 9.99. The first-order valence-corrected chi connectivity index (χ1v) is 42.2. The van der Waals surface area contributed by atoms with Crippen LogP contribution in [-0.4, -0.2) is 99.1 Å². The summed E-state index contributed by atoms with van der Waals surface area (Å²) in [4.78, 5) is 90.7. The van der Waals surface area contributed by atoms with Crippen LogP contribution in [0.1, 0.15) is 165 Å². The Kier molecular flexibility index (Phi) is 47.2. The van der Waals surface area contributed by atoms with Crippen LogP contribution in [0.15, 0.2) is 205 Å². The number of carboxylic acid groups (broad SMARTS) is 1. The van der Waals surface area contributed by atoms with Crippen molar-refractivity contribution in [2.75, 3.05) is 35.0 Å². The fraction of sp³-hybridized carbons (Fsp3) is 0.248. The second-order valence-electron chi connectivity index (χ2n) is 29.7. The molecule has 0 aliphatic carbocycles. The fourth-order valence-corrected chi connectivity index (χ4v) is 12.5. The van der Waals surface area contributed by atoms with E-state index >= 15 is 0 Å². The molecule has 0 unspecified atom stereocenters. The van der Waals surface area contributed by atoms with Gasteiger partial charge in [0.2, 0.25) is 23.5 Å². The van der Waals surface area contributed by atoms with Gasteiger partial charge in [0, 0.05) is 81.4 Å². The maximum absolute atomic E-state index is 13.4. The van der Waals surface area contributed by atoms with Crippen molar-refractivity contribution in [3.05, 3.63) is 345 Å². The minimum atomic E-state index is -4.68. The van der Waals surface area contributed by atoms with Crippen LogP contribution in [0.4, 0.5) is 79.0 Å². The number of pyridine rings is 6. The van der Waals surface area contributed by atoms with Crippen LogP contribution in [-0.2, 0) is 66.0 Å². The molecule has 0 bridgehead atoms. The zero-order valence-corrected chi connectivity index (χ0v) is 79.7. The molecule has 4 N–H and O–H groups in total. The topological polar surface area (TPSA) is 393 Å². The van der Waals surface area contributed by atoms with Gasteiger partial charge < -0.3 is 53.8 Å². The number of para-hydroxylation sites is 3. The molecule has 0 atom stereocenters. The zero-order valence-electron chi connectivity index (χ0n) is 79.0. The number of nitriles is 4. The number of aromatic nitrogens is 6. The summed E-state index contributed by atoms with van der Waals surface area (Å²) in [5.41, 5.74) is -1.90.